The van der Waals surface area contributed by atoms with Gasteiger partial charge in [0, 0.05) is 11.4 Å². The molecule has 15 heavy (non-hydrogen) atoms. The number of nitrogens with one attached hydrogen (secondary N) is 1. The molecule has 0 aliphatic carbocycles. The average molecular weight is 233 g/mol. The molecule has 2 aromatic rings. The number of anilines is 1. The van der Waals surface area contributed by atoms with Gasteiger partial charge in [0.25, 0.3) is 0 Å². The molecule has 1 aliphatic rings. The van der Waals surface area contributed by atoms with E-state index in [0.29, 0.717) is 5.25 Å². The molecule has 2 heterocycles. The lowest BCUT2D eigenvalue weighted by atomic mass is 10.1. The number of thioether (sulfide) groups is 1. The minimum Gasteiger partial charge on any atom is -0.375 e. The van der Waals surface area contributed by atoms with E-state index in [1.54, 1.807) is 11.3 Å². The van der Waals surface area contributed by atoms with Crippen molar-refractivity contribution in [1.29, 1.82) is 0 Å². The Morgan fingerprint density at radius 3 is 2.87 bits per heavy atom. The van der Waals surface area contributed by atoms with Crippen molar-refractivity contribution in [3.05, 3.63) is 47.3 Å². The lowest BCUT2D eigenvalue weighted by molar-refractivity contribution is 0.973. The van der Waals surface area contributed by atoms with Crippen LogP contribution >= 0.6 is 23.1 Å². The van der Waals surface area contributed by atoms with E-state index in [1.807, 2.05) is 11.8 Å². The van der Waals surface area contributed by atoms with Crippen LogP contribution in [0.25, 0.3) is 0 Å². The normalized spacial score (nSPS) is 19.3. The molecule has 0 saturated carbocycles. The van der Waals surface area contributed by atoms with Crippen LogP contribution in [0.15, 0.2) is 46.7 Å². The average Bonchev–Trinajstić information content (AvgIpc) is 2.77. The van der Waals surface area contributed by atoms with E-state index < -0.39 is 0 Å². The third kappa shape index (κ3) is 1.77. The summed E-state index contributed by atoms with van der Waals surface area (Å²) in [6.07, 6.45) is 0. The molecule has 1 aromatic heterocycles. The summed E-state index contributed by atoms with van der Waals surface area (Å²) in [5.74, 6) is 0. The van der Waals surface area contributed by atoms with Crippen molar-refractivity contribution >= 4 is 28.1 Å². The summed E-state index contributed by atoms with van der Waals surface area (Å²) in [4.78, 5) is 1.39. The second-order valence-corrected chi connectivity index (χ2v) is 5.67. The Labute approximate surface area is 97.5 Å². The molecule has 0 radical (unpaired) electrons. The standard InChI is InChI=1S/C12H11NS2/c1-2-4-9(5-3-1)11-8-13-12-10(15-11)6-7-14-12/h1-7,11,13H,8H2. The predicted octanol–water partition coefficient (Wildman–Crippen LogP) is 4.01. The Balaban J connectivity index is 1.88. The van der Waals surface area contributed by atoms with Gasteiger partial charge < -0.3 is 5.32 Å². The summed E-state index contributed by atoms with van der Waals surface area (Å²) >= 11 is 3.76. The number of hydrogen-bond acceptors (Lipinski definition) is 3. The maximum atomic E-state index is 3.49. The molecule has 0 fully saturated rings. The monoisotopic (exact) mass is 233 g/mol. The van der Waals surface area contributed by atoms with Gasteiger partial charge in [-0.1, -0.05) is 30.3 Å². The maximum Gasteiger partial charge on any atom is 0.102 e. The summed E-state index contributed by atoms with van der Waals surface area (Å²) in [5.41, 5.74) is 1.41. The molecule has 76 valence electrons. The molecule has 1 nitrogen and oxygen atoms in total. The highest BCUT2D eigenvalue weighted by Gasteiger charge is 2.20. The van der Waals surface area contributed by atoms with Crippen LogP contribution in [-0.4, -0.2) is 6.54 Å². The minimum atomic E-state index is 0.549. The van der Waals surface area contributed by atoms with Crippen LogP contribution < -0.4 is 5.32 Å². The van der Waals surface area contributed by atoms with E-state index in [-0.39, 0.29) is 0 Å². The van der Waals surface area contributed by atoms with Gasteiger partial charge in [-0.05, 0) is 17.0 Å². The van der Waals surface area contributed by atoms with E-state index >= 15 is 0 Å². The van der Waals surface area contributed by atoms with Crippen LogP contribution in [0.5, 0.6) is 0 Å². The van der Waals surface area contributed by atoms with Crippen LogP contribution in [0, 0.1) is 0 Å². The molecule has 0 bridgehead atoms. The third-order valence-corrected chi connectivity index (χ3v) is 4.84. The topological polar surface area (TPSA) is 12.0 Å². The van der Waals surface area contributed by atoms with Crippen molar-refractivity contribution in [3.63, 3.8) is 0 Å². The Bertz CT molecular complexity index is 450. The lowest BCUT2D eigenvalue weighted by Gasteiger charge is -2.23. The highest BCUT2D eigenvalue weighted by atomic mass is 32.2. The molecule has 1 aromatic carbocycles. The lowest BCUT2D eigenvalue weighted by Crippen LogP contribution is -2.13. The molecular weight excluding hydrogens is 222 g/mol. The number of hydrogen-bond donors (Lipinski definition) is 1. The van der Waals surface area contributed by atoms with Gasteiger partial charge in [0.1, 0.15) is 5.00 Å². The SMILES string of the molecule is c1ccc(C2CNc3sccc3S2)cc1. The zero-order chi connectivity index (χ0) is 10.1. The summed E-state index contributed by atoms with van der Waals surface area (Å²) in [6, 6.07) is 12.9. The van der Waals surface area contributed by atoms with Gasteiger partial charge in [-0.3, -0.25) is 0 Å². The first-order valence-corrected chi connectivity index (χ1v) is 6.72. The Kier molecular flexibility index (Phi) is 2.43. The number of rotatable bonds is 1. The molecule has 1 N–H and O–H groups in total. The zero-order valence-electron chi connectivity index (χ0n) is 8.14. The molecular formula is C12H11NS2. The van der Waals surface area contributed by atoms with Gasteiger partial charge in [-0.2, -0.15) is 0 Å². The molecule has 1 aliphatic heterocycles. The molecule has 0 spiro atoms. The molecule has 1 atom stereocenters. The van der Waals surface area contributed by atoms with Crippen LogP contribution in [0.3, 0.4) is 0 Å². The fraction of sp³-hybridized carbons (Fsp3) is 0.167. The molecule has 0 saturated heterocycles. The van der Waals surface area contributed by atoms with Gasteiger partial charge in [0.15, 0.2) is 0 Å². The summed E-state index contributed by atoms with van der Waals surface area (Å²) < 4.78 is 0. The van der Waals surface area contributed by atoms with Gasteiger partial charge in [0.05, 0.1) is 5.25 Å². The number of fused-ring (bicyclic) bond motifs is 1. The van der Waals surface area contributed by atoms with Gasteiger partial charge >= 0.3 is 0 Å². The first-order chi connectivity index (χ1) is 7.43. The summed E-state index contributed by atoms with van der Waals surface area (Å²) in [7, 11) is 0. The van der Waals surface area contributed by atoms with Crippen molar-refractivity contribution < 1.29 is 0 Å². The largest absolute Gasteiger partial charge is 0.375 e. The molecule has 3 rings (SSSR count). The molecule has 3 heteroatoms. The maximum absolute atomic E-state index is 3.49. The highest BCUT2D eigenvalue weighted by Crippen LogP contribution is 2.45. The van der Waals surface area contributed by atoms with Crippen molar-refractivity contribution in [2.75, 3.05) is 11.9 Å². The van der Waals surface area contributed by atoms with Crippen LogP contribution in [0.2, 0.25) is 0 Å². The quantitative estimate of drug-likeness (QED) is 0.798. The van der Waals surface area contributed by atoms with Crippen LogP contribution in [0.4, 0.5) is 5.00 Å². The summed E-state index contributed by atoms with van der Waals surface area (Å²) in [6.45, 7) is 1.03. The van der Waals surface area contributed by atoms with Crippen molar-refractivity contribution in [2.45, 2.75) is 10.1 Å². The van der Waals surface area contributed by atoms with Gasteiger partial charge in [0.2, 0.25) is 0 Å². The second-order valence-electron chi connectivity index (χ2n) is 3.51. The van der Waals surface area contributed by atoms with E-state index in [0.717, 1.165) is 6.54 Å². The minimum absolute atomic E-state index is 0.549. The van der Waals surface area contributed by atoms with E-state index in [4.69, 9.17) is 0 Å². The Morgan fingerprint density at radius 2 is 2.00 bits per heavy atom. The second kappa shape index (κ2) is 3.91. The Morgan fingerprint density at radius 1 is 1.13 bits per heavy atom. The van der Waals surface area contributed by atoms with Crippen LogP contribution in [-0.2, 0) is 0 Å². The Hall–Kier alpha value is -0.930. The van der Waals surface area contributed by atoms with Crippen LogP contribution in [0.1, 0.15) is 10.8 Å². The highest BCUT2D eigenvalue weighted by molar-refractivity contribution is 8.00. The van der Waals surface area contributed by atoms with E-state index in [9.17, 15) is 0 Å². The smallest absolute Gasteiger partial charge is 0.102 e. The van der Waals surface area contributed by atoms with Crippen molar-refractivity contribution in [1.82, 2.24) is 0 Å². The number of benzene rings is 1. The first kappa shape index (κ1) is 9.31. The van der Waals surface area contributed by atoms with Gasteiger partial charge in [-0.25, -0.2) is 0 Å². The summed E-state index contributed by atoms with van der Waals surface area (Å²) in [5, 5.41) is 7.52. The number of thiophene rings is 1. The molecule has 1 unspecified atom stereocenters. The van der Waals surface area contributed by atoms with Gasteiger partial charge in [-0.15, -0.1) is 23.1 Å². The predicted molar refractivity (Wildman–Crippen MR) is 67.8 cm³/mol. The fourth-order valence-corrected chi connectivity index (χ4v) is 3.91. The van der Waals surface area contributed by atoms with E-state index in [2.05, 4.69) is 47.1 Å². The molecule has 0 amide bonds. The third-order valence-electron chi connectivity index (χ3n) is 2.52. The first-order valence-electron chi connectivity index (χ1n) is 4.96. The zero-order valence-corrected chi connectivity index (χ0v) is 9.78. The van der Waals surface area contributed by atoms with Crippen molar-refractivity contribution in [3.8, 4) is 0 Å². The fourth-order valence-electron chi connectivity index (χ4n) is 1.75. The van der Waals surface area contributed by atoms with E-state index in [1.165, 1.54) is 15.5 Å². The van der Waals surface area contributed by atoms with Crippen molar-refractivity contribution in [2.24, 2.45) is 0 Å².